The minimum absolute atomic E-state index is 0.131. The third-order valence-electron chi connectivity index (χ3n) is 3.47. The van der Waals surface area contributed by atoms with E-state index in [9.17, 15) is 9.90 Å². The van der Waals surface area contributed by atoms with Crippen molar-refractivity contribution in [3.63, 3.8) is 0 Å². The highest BCUT2D eigenvalue weighted by molar-refractivity contribution is 6.35. The number of aliphatic hydroxyl groups is 1. The molecule has 1 aromatic carbocycles. The van der Waals surface area contributed by atoms with Crippen molar-refractivity contribution in [1.82, 2.24) is 10.2 Å². The van der Waals surface area contributed by atoms with Gasteiger partial charge in [-0.1, -0.05) is 23.2 Å². The molecule has 0 spiro atoms. The maximum Gasteiger partial charge on any atom is 0.252 e. The molecule has 1 fully saturated rings. The SMILES string of the molecule is CC(O)(CNC(=O)c1cc(Cl)ccc1Cl)CN1CCOCC1. The van der Waals surface area contributed by atoms with Gasteiger partial charge in [0.2, 0.25) is 0 Å². The highest BCUT2D eigenvalue weighted by atomic mass is 35.5. The van der Waals surface area contributed by atoms with E-state index >= 15 is 0 Å². The Balaban J connectivity index is 1.90. The summed E-state index contributed by atoms with van der Waals surface area (Å²) < 4.78 is 5.27. The number of amides is 1. The van der Waals surface area contributed by atoms with Crippen LogP contribution in [0.25, 0.3) is 0 Å². The first-order chi connectivity index (χ1) is 10.4. The van der Waals surface area contributed by atoms with Crippen molar-refractivity contribution in [2.75, 3.05) is 39.4 Å². The Morgan fingerprint density at radius 3 is 2.77 bits per heavy atom. The molecule has 22 heavy (non-hydrogen) atoms. The van der Waals surface area contributed by atoms with E-state index in [1.54, 1.807) is 19.1 Å². The number of nitrogens with zero attached hydrogens (tertiary/aromatic N) is 1. The van der Waals surface area contributed by atoms with Gasteiger partial charge in [-0.2, -0.15) is 0 Å². The van der Waals surface area contributed by atoms with Crippen LogP contribution in [0.1, 0.15) is 17.3 Å². The lowest BCUT2D eigenvalue weighted by molar-refractivity contribution is -0.0213. The van der Waals surface area contributed by atoms with E-state index in [2.05, 4.69) is 10.2 Å². The topological polar surface area (TPSA) is 61.8 Å². The highest BCUT2D eigenvalue weighted by Gasteiger charge is 2.26. The van der Waals surface area contributed by atoms with E-state index in [1.165, 1.54) is 6.07 Å². The summed E-state index contributed by atoms with van der Waals surface area (Å²) in [5.74, 6) is -0.352. The van der Waals surface area contributed by atoms with E-state index < -0.39 is 5.60 Å². The number of halogens is 2. The van der Waals surface area contributed by atoms with Crippen molar-refractivity contribution in [3.05, 3.63) is 33.8 Å². The second kappa shape index (κ2) is 7.62. The molecule has 122 valence electrons. The minimum atomic E-state index is -1.03. The van der Waals surface area contributed by atoms with E-state index in [4.69, 9.17) is 27.9 Å². The van der Waals surface area contributed by atoms with Crippen LogP contribution in [0.5, 0.6) is 0 Å². The average Bonchev–Trinajstić information content (AvgIpc) is 2.48. The molecule has 0 saturated carbocycles. The molecule has 2 rings (SSSR count). The summed E-state index contributed by atoms with van der Waals surface area (Å²) in [5.41, 5.74) is -0.728. The van der Waals surface area contributed by atoms with Crippen molar-refractivity contribution in [2.45, 2.75) is 12.5 Å². The molecule has 1 heterocycles. The molecule has 0 radical (unpaired) electrons. The Morgan fingerprint density at radius 1 is 1.41 bits per heavy atom. The van der Waals surface area contributed by atoms with Crippen molar-refractivity contribution in [3.8, 4) is 0 Å². The Labute approximate surface area is 140 Å². The number of carbonyl (C=O) groups excluding carboxylic acids is 1. The zero-order valence-corrected chi connectivity index (χ0v) is 14.0. The number of β-amino-alcohol motifs (C(OH)–C–C–N with tert-alkyl or cyclic N) is 1. The molecule has 0 aliphatic carbocycles. The molecule has 1 unspecified atom stereocenters. The monoisotopic (exact) mass is 346 g/mol. The summed E-state index contributed by atoms with van der Waals surface area (Å²) in [6.07, 6.45) is 0. The minimum Gasteiger partial charge on any atom is -0.387 e. The maximum absolute atomic E-state index is 12.2. The number of nitrogens with one attached hydrogen (secondary N) is 1. The van der Waals surface area contributed by atoms with Crippen LogP contribution in [-0.4, -0.2) is 60.9 Å². The Kier molecular flexibility index (Phi) is 6.06. The number of hydrogen-bond donors (Lipinski definition) is 2. The summed E-state index contributed by atoms with van der Waals surface area (Å²) in [6, 6.07) is 4.70. The summed E-state index contributed by atoms with van der Waals surface area (Å²) in [7, 11) is 0. The van der Waals surface area contributed by atoms with Crippen molar-refractivity contribution in [2.24, 2.45) is 0 Å². The van der Waals surface area contributed by atoms with Gasteiger partial charge >= 0.3 is 0 Å². The summed E-state index contributed by atoms with van der Waals surface area (Å²) in [5, 5.41) is 13.9. The number of hydrogen-bond acceptors (Lipinski definition) is 4. The van der Waals surface area contributed by atoms with Gasteiger partial charge in [0.05, 0.1) is 29.4 Å². The Bertz CT molecular complexity index is 532. The number of benzene rings is 1. The van der Waals surface area contributed by atoms with Gasteiger partial charge in [0.15, 0.2) is 0 Å². The van der Waals surface area contributed by atoms with Crippen molar-refractivity contribution < 1.29 is 14.6 Å². The molecule has 1 atom stereocenters. The van der Waals surface area contributed by atoms with Gasteiger partial charge in [-0.15, -0.1) is 0 Å². The van der Waals surface area contributed by atoms with Crippen LogP contribution >= 0.6 is 23.2 Å². The zero-order valence-electron chi connectivity index (χ0n) is 12.4. The number of carbonyl (C=O) groups is 1. The first-order valence-corrected chi connectivity index (χ1v) is 7.89. The highest BCUT2D eigenvalue weighted by Crippen LogP contribution is 2.20. The molecule has 7 heteroatoms. The van der Waals surface area contributed by atoms with Gasteiger partial charge in [0.1, 0.15) is 0 Å². The smallest absolute Gasteiger partial charge is 0.252 e. The average molecular weight is 347 g/mol. The second-order valence-electron chi connectivity index (χ2n) is 5.69. The molecule has 0 aromatic heterocycles. The lowest BCUT2D eigenvalue weighted by Crippen LogP contribution is -2.51. The second-order valence-corrected chi connectivity index (χ2v) is 6.54. The number of morpholine rings is 1. The van der Waals surface area contributed by atoms with Gasteiger partial charge in [0.25, 0.3) is 5.91 Å². The van der Waals surface area contributed by atoms with Crippen LogP contribution in [0.15, 0.2) is 18.2 Å². The third kappa shape index (κ3) is 5.11. The molecule has 2 N–H and O–H groups in total. The number of rotatable bonds is 5. The third-order valence-corrected chi connectivity index (χ3v) is 4.04. The first kappa shape index (κ1) is 17.5. The zero-order chi connectivity index (χ0) is 16.2. The molecule has 1 aliphatic heterocycles. The lowest BCUT2D eigenvalue weighted by Gasteiger charge is -2.33. The molecule has 1 amide bonds. The predicted octanol–water partition coefficient (Wildman–Crippen LogP) is 1.81. The molecular formula is C15H20Cl2N2O3. The van der Waals surface area contributed by atoms with Gasteiger partial charge in [-0.25, -0.2) is 0 Å². The van der Waals surface area contributed by atoms with Crippen LogP contribution in [0.3, 0.4) is 0 Å². The van der Waals surface area contributed by atoms with Crippen molar-refractivity contribution in [1.29, 1.82) is 0 Å². The fourth-order valence-corrected chi connectivity index (χ4v) is 2.71. The van der Waals surface area contributed by atoms with Gasteiger partial charge < -0.3 is 15.2 Å². The van der Waals surface area contributed by atoms with E-state index in [1.807, 2.05) is 0 Å². The lowest BCUT2D eigenvalue weighted by atomic mass is 10.1. The van der Waals surface area contributed by atoms with E-state index in [0.29, 0.717) is 35.4 Å². The summed E-state index contributed by atoms with van der Waals surface area (Å²) >= 11 is 11.9. The largest absolute Gasteiger partial charge is 0.387 e. The molecule has 5 nitrogen and oxygen atoms in total. The summed E-state index contributed by atoms with van der Waals surface area (Å²) in [4.78, 5) is 14.3. The molecule has 0 bridgehead atoms. The van der Waals surface area contributed by atoms with Crippen molar-refractivity contribution >= 4 is 29.1 Å². The maximum atomic E-state index is 12.2. The van der Waals surface area contributed by atoms with Gasteiger partial charge in [-0.05, 0) is 25.1 Å². The standard InChI is InChI=1S/C15H20Cl2N2O3/c1-15(21,10-19-4-6-22-7-5-19)9-18-14(20)12-8-11(16)2-3-13(12)17/h2-3,8,21H,4-7,9-10H2,1H3,(H,18,20). The van der Waals surface area contributed by atoms with Crippen LogP contribution in [0.2, 0.25) is 10.0 Å². The molecule has 1 saturated heterocycles. The Hall–Kier alpha value is -0.850. The van der Waals surface area contributed by atoms with Crippen LogP contribution in [0.4, 0.5) is 0 Å². The quantitative estimate of drug-likeness (QED) is 0.853. The molecule has 1 aromatic rings. The predicted molar refractivity (Wildman–Crippen MR) is 86.7 cm³/mol. The molecule has 1 aliphatic rings. The van der Waals surface area contributed by atoms with Crippen LogP contribution < -0.4 is 5.32 Å². The first-order valence-electron chi connectivity index (χ1n) is 7.13. The van der Waals surface area contributed by atoms with Crippen LogP contribution in [-0.2, 0) is 4.74 Å². The summed E-state index contributed by atoms with van der Waals surface area (Å²) in [6.45, 7) is 5.20. The molecular weight excluding hydrogens is 327 g/mol. The van der Waals surface area contributed by atoms with E-state index in [-0.39, 0.29) is 12.5 Å². The normalized spacial score (nSPS) is 18.7. The van der Waals surface area contributed by atoms with Gasteiger partial charge in [-0.3, -0.25) is 9.69 Å². The fourth-order valence-electron chi connectivity index (χ4n) is 2.33. The van der Waals surface area contributed by atoms with Gasteiger partial charge in [0, 0.05) is 31.2 Å². The Morgan fingerprint density at radius 2 is 2.09 bits per heavy atom. The fraction of sp³-hybridized carbons (Fsp3) is 0.533. The van der Waals surface area contributed by atoms with Crippen LogP contribution in [0, 0.1) is 0 Å². The van der Waals surface area contributed by atoms with E-state index in [0.717, 1.165) is 13.1 Å². The number of ether oxygens (including phenoxy) is 1.